The molecule has 0 spiro atoms. The number of nitrogens with zero attached hydrogens (tertiary/aromatic N) is 3. The maximum Gasteiger partial charge on any atom is 0.310 e. The van der Waals surface area contributed by atoms with Gasteiger partial charge in [-0.2, -0.15) is 4.98 Å². The SMILES string of the molecule is O=C(OCc1nc(-c2ccccc2)no1)[C@@H]1CCCC[C@@H]1c1nc2ccccc2s1. The van der Waals surface area contributed by atoms with Gasteiger partial charge in [0.15, 0.2) is 6.61 Å². The summed E-state index contributed by atoms with van der Waals surface area (Å²) in [5, 5.41) is 5.01. The molecule has 1 fully saturated rings. The van der Waals surface area contributed by atoms with Crippen LogP contribution in [-0.2, 0) is 16.1 Å². The first-order chi connectivity index (χ1) is 14.8. The van der Waals surface area contributed by atoms with Gasteiger partial charge in [-0.3, -0.25) is 4.79 Å². The first kappa shape index (κ1) is 18.9. The second kappa shape index (κ2) is 8.36. The minimum Gasteiger partial charge on any atom is -0.455 e. The van der Waals surface area contributed by atoms with Crippen molar-refractivity contribution in [1.29, 1.82) is 0 Å². The number of esters is 1. The summed E-state index contributed by atoms with van der Waals surface area (Å²) < 4.78 is 12.0. The van der Waals surface area contributed by atoms with E-state index >= 15 is 0 Å². The zero-order valence-corrected chi connectivity index (χ0v) is 17.2. The summed E-state index contributed by atoms with van der Waals surface area (Å²) >= 11 is 1.68. The normalized spacial score (nSPS) is 19.1. The van der Waals surface area contributed by atoms with Crippen LogP contribution in [0.2, 0.25) is 0 Å². The molecule has 2 aromatic heterocycles. The van der Waals surface area contributed by atoms with Crippen molar-refractivity contribution in [2.45, 2.75) is 38.2 Å². The lowest BCUT2D eigenvalue weighted by atomic mass is 9.79. The highest BCUT2D eigenvalue weighted by Gasteiger charge is 2.35. The molecule has 30 heavy (non-hydrogen) atoms. The van der Waals surface area contributed by atoms with Gasteiger partial charge in [0.2, 0.25) is 5.82 Å². The van der Waals surface area contributed by atoms with Crippen molar-refractivity contribution in [3.63, 3.8) is 0 Å². The van der Waals surface area contributed by atoms with Crippen LogP contribution in [0.3, 0.4) is 0 Å². The number of carbonyl (C=O) groups excluding carboxylic acids is 1. The van der Waals surface area contributed by atoms with Crippen LogP contribution in [0.1, 0.15) is 42.5 Å². The van der Waals surface area contributed by atoms with Gasteiger partial charge in [-0.1, -0.05) is 60.5 Å². The number of fused-ring (bicyclic) bond motifs is 1. The highest BCUT2D eigenvalue weighted by atomic mass is 32.1. The maximum atomic E-state index is 12.9. The fourth-order valence-corrected chi connectivity index (χ4v) is 5.18. The van der Waals surface area contributed by atoms with E-state index in [1.165, 1.54) is 0 Å². The lowest BCUT2D eigenvalue weighted by Gasteiger charge is -2.28. The molecule has 2 heterocycles. The van der Waals surface area contributed by atoms with Crippen LogP contribution in [-0.4, -0.2) is 21.1 Å². The molecule has 2 aromatic carbocycles. The van der Waals surface area contributed by atoms with Gasteiger partial charge in [-0.15, -0.1) is 11.3 Å². The fraction of sp³-hybridized carbons (Fsp3) is 0.304. The second-order valence-electron chi connectivity index (χ2n) is 7.50. The highest BCUT2D eigenvalue weighted by molar-refractivity contribution is 7.18. The topological polar surface area (TPSA) is 78.1 Å². The number of thiazole rings is 1. The van der Waals surface area contributed by atoms with Crippen LogP contribution in [0.4, 0.5) is 0 Å². The summed E-state index contributed by atoms with van der Waals surface area (Å²) in [6, 6.07) is 17.7. The molecule has 152 valence electrons. The van der Waals surface area contributed by atoms with Gasteiger partial charge in [-0.05, 0) is 25.0 Å². The van der Waals surface area contributed by atoms with Gasteiger partial charge in [0, 0.05) is 11.5 Å². The van der Waals surface area contributed by atoms with Crippen LogP contribution in [0, 0.1) is 5.92 Å². The summed E-state index contributed by atoms with van der Waals surface area (Å²) in [6.45, 7) is -0.0122. The Morgan fingerprint density at radius 2 is 1.83 bits per heavy atom. The van der Waals surface area contributed by atoms with Crippen LogP contribution in [0.25, 0.3) is 21.6 Å². The fourth-order valence-electron chi connectivity index (χ4n) is 4.02. The van der Waals surface area contributed by atoms with Crippen molar-refractivity contribution in [1.82, 2.24) is 15.1 Å². The van der Waals surface area contributed by atoms with E-state index in [0.29, 0.717) is 11.7 Å². The molecule has 0 aliphatic heterocycles. The van der Waals surface area contributed by atoms with E-state index in [0.717, 1.165) is 46.5 Å². The van der Waals surface area contributed by atoms with Crippen LogP contribution in [0.15, 0.2) is 59.1 Å². The third-order valence-electron chi connectivity index (χ3n) is 5.53. The first-order valence-corrected chi connectivity index (χ1v) is 11.0. The number of aromatic nitrogens is 3. The minimum atomic E-state index is -0.210. The van der Waals surface area contributed by atoms with E-state index in [4.69, 9.17) is 14.2 Å². The monoisotopic (exact) mass is 419 g/mol. The lowest BCUT2D eigenvalue weighted by Crippen LogP contribution is -2.27. The van der Waals surface area contributed by atoms with Crippen LogP contribution >= 0.6 is 11.3 Å². The molecule has 6 nitrogen and oxygen atoms in total. The Hall–Kier alpha value is -3.06. The molecular weight excluding hydrogens is 398 g/mol. The molecule has 7 heteroatoms. The van der Waals surface area contributed by atoms with Crippen molar-refractivity contribution in [2.24, 2.45) is 5.92 Å². The molecule has 5 rings (SSSR count). The maximum absolute atomic E-state index is 12.9. The Kier molecular flexibility index (Phi) is 5.27. The van der Waals surface area contributed by atoms with E-state index in [1.54, 1.807) is 11.3 Å². The standard InChI is InChI=1S/C23H21N3O3S/c27-23(28-14-20-25-21(26-29-20)15-8-2-1-3-9-15)17-11-5-4-10-16(17)22-24-18-12-6-7-13-19(18)30-22/h1-3,6-9,12-13,16-17H,4-5,10-11,14H2/t16-,17+/m0/s1. The van der Waals surface area contributed by atoms with Crippen molar-refractivity contribution >= 4 is 27.5 Å². The van der Waals surface area contributed by atoms with Crippen molar-refractivity contribution in [3.05, 3.63) is 65.5 Å². The zero-order chi connectivity index (χ0) is 20.3. The zero-order valence-electron chi connectivity index (χ0n) is 16.4. The number of rotatable bonds is 5. The average Bonchev–Trinajstić information content (AvgIpc) is 3.45. The Bertz CT molecular complexity index is 1120. The summed E-state index contributed by atoms with van der Waals surface area (Å²) in [5.74, 6) is 0.502. The van der Waals surface area contributed by atoms with Crippen molar-refractivity contribution < 1.29 is 14.1 Å². The second-order valence-corrected chi connectivity index (χ2v) is 8.56. The minimum absolute atomic E-state index is 0.0122. The summed E-state index contributed by atoms with van der Waals surface area (Å²) in [5.41, 5.74) is 1.86. The molecule has 0 bridgehead atoms. The van der Waals surface area contributed by atoms with Gasteiger partial charge in [0.05, 0.1) is 21.1 Å². The third-order valence-corrected chi connectivity index (χ3v) is 6.70. The predicted octanol–water partition coefficient (Wildman–Crippen LogP) is 5.36. The molecule has 1 aliphatic rings. The Morgan fingerprint density at radius 1 is 1.03 bits per heavy atom. The van der Waals surface area contributed by atoms with Gasteiger partial charge in [0.25, 0.3) is 5.89 Å². The number of carbonyl (C=O) groups is 1. The van der Waals surface area contributed by atoms with Gasteiger partial charge in [-0.25, -0.2) is 4.98 Å². The number of hydrogen-bond donors (Lipinski definition) is 0. The van der Waals surface area contributed by atoms with E-state index < -0.39 is 0 Å². The summed E-state index contributed by atoms with van der Waals surface area (Å²) in [7, 11) is 0. The molecule has 0 saturated heterocycles. The van der Waals surface area contributed by atoms with Crippen LogP contribution < -0.4 is 0 Å². The van der Waals surface area contributed by atoms with Gasteiger partial charge >= 0.3 is 5.97 Å². The molecule has 1 aliphatic carbocycles. The van der Waals surface area contributed by atoms with Crippen LogP contribution in [0.5, 0.6) is 0 Å². The summed E-state index contributed by atoms with van der Waals surface area (Å²) in [4.78, 5) is 22.0. The molecule has 4 aromatic rings. The molecular formula is C23H21N3O3S. The quantitative estimate of drug-likeness (QED) is 0.405. The van der Waals surface area contributed by atoms with Gasteiger partial charge < -0.3 is 9.26 Å². The Morgan fingerprint density at radius 3 is 2.70 bits per heavy atom. The number of hydrogen-bond acceptors (Lipinski definition) is 7. The number of para-hydroxylation sites is 1. The lowest BCUT2D eigenvalue weighted by molar-refractivity contribution is -0.152. The Balaban J connectivity index is 1.28. The average molecular weight is 420 g/mol. The number of ether oxygens (including phenoxy) is 1. The third kappa shape index (κ3) is 3.85. The molecule has 1 saturated carbocycles. The van der Waals surface area contributed by atoms with Crippen molar-refractivity contribution in [3.8, 4) is 11.4 Å². The predicted molar refractivity (Wildman–Crippen MR) is 114 cm³/mol. The Labute approximate surface area is 177 Å². The highest BCUT2D eigenvalue weighted by Crippen LogP contribution is 2.41. The molecule has 0 unspecified atom stereocenters. The molecule has 0 amide bonds. The summed E-state index contributed by atoms with van der Waals surface area (Å²) in [6.07, 6.45) is 3.91. The van der Waals surface area contributed by atoms with E-state index in [1.807, 2.05) is 48.5 Å². The van der Waals surface area contributed by atoms with E-state index in [9.17, 15) is 4.79 Å². The van der Waals surface area contributed by atoms with E-state index in [-0.39, 0.29) is 24.4 Å². The smallest absolute Gasteiger partial charge is 0.310 e. The molecule has 2 atom stereocenters. The first-order valence-electron chi connectivity index (χ1n) is 10.2. The largest absolute Gasteiger partial charge is 0.455 e. The van der Waals surface area contributed by atoms with Crippen molar-refractivity contribution in [2.75, 3.05) is 0 Å². The van der Waals surface area contributed by atoms with E-state index in [2.05, 4.69) is 16.2 Å². The molecule has 0 radical (unpaired) electrons. The number of benzene rings is 2. The van der Waals surface area contributed by atoms with Gasteiger partial charge in [0.1, 0.15) is 0 Å². The molecule has 0 N–H and O–H groups in total.